The number of sulfonamides is 1. The van der Waals surface area contributed by atoms with Gasteiger partial charge in [-0.2, -0.15) is 4.31 Å². The van der Waals surface area contributed by atoms with Crippen molar-refractivity contribution in [2.24, 2.45) is 0 Å². The summed E-state index contributed by atoms with van der Waals surface area (Å²) in [5, 5.41) is 0. The van der Waals surface area contributed by atoms with Gasteiger partial charge >= 0.3 is 0 Å². The number of hydrogen-bond acceptors (Lipinski definition) is 5. The summed E-state index contributed by atoms with van der Waals surface area (Å²) in [7, 11) is -3.88. The molecule has 112 valence electrons. The van der Waals surface area contributed by atoms with Crippen LogP contribution in [0.4, 0.5) is 0 Å². The van der Waals surface area contributed by atoms with E-state index >= 15 is 0 Å². The van der Waals surface area contributed by atoms with Gasteiger partial charge in [-0.15, -0.1) is 0 Å². The van der Waals surface area contributed by atoms with Crippen molar-refractivity contribution in [2.75, 3.05) is 25.7 Å². The SMILES string of the molecule is COc1ccc(S(=O)(=O)N(C)C2CCS(=O)(=O)C2)cc1. The fraction of sp³-hybridized carbons (Fsp3) is 0.500. The number of rotatable bonds is 4. The fourth-order valence-electron chi connectivity index (χ4n) is 2.17. The molecule has 2 rings (SSSR count). The average Bonchev–Trinajstić information content (AvgIpc) is 2.78. The molecule has 1 aliphatic heterocycles. The Balaban J connectivity index is 2.25. The quantitative estimate of drug-likeness (QED) is 0.807. The van der Waals surface area contributed by atoms with Crippen molar-refractivity contribution in [3.8, 4) is 5.75 Å². The van der Waals surface area contributed by atoms with Crippen LogP contribution in [0.15, 0.2) is 29.2 Å². The van der Waals surface area contributed by atoms with E-state index in [-0.39, 0.29) is 16.4 Å². The summed E-state index contributed by atoms with van der Waals surface area (Å²) in [6.07, 6.45) is 0.341. The first-order chi connectivity index (χ1) is 9.26. The summed E-state index contributed by atoms with van der Waals surface area (Å²) >= 11 is 0. The van der Waals surface area contributed by atoms with E-state index in [9.17, 15) is 16.8 Å². The molecule has 1 atom stereocenters. The van der Waals surface area contributed by atoms with Gasteiger partial charge in [0.05, 0.1) is 23.5 Å². The molecule has 0 radical (unpaired) electrons. The Morgan fingerprint density at radius 1 is 1.25 bits per heavy atom. The predicted octanol–water partition coefficient (Wildman–Crippen LogP) is 0.503. The fourth-order valence-corrected chi connectivity index (χ4v) is 5.43. The van der Waals surface area contributed by atoms with Crippen LogP contribution >= 0.6 is 0 Å². The maximum atomic E-state index is 12.4. The lowest BCUT2D eigenvalue weighted by Crippen LogP contribution is -2.37. The van der Waals surface area contributed by atoms with Gasteiger partial charge in [-0.05, 0) is 30.7 Å². The van der Waals surface area contributed by atoms with Crippen molar-refractivity contribution in [1.29, 1.82) is 0 Å². The molecule has 20 heavy (non-hydrogen) atoms. The Bertz CT molecular complexity index is 679. The van der Waals surface area contributed by atoms with E-state index in [2.05, 4.69) is 0 Å². The Hall–Kier alpha value is -1.12. The highest BCUT2D eigenvalue weighted by atomic mass is 32.2. The van der Waals surface area contributed by atoms with Crippen molar-refractivity contribution in [3.63, 3.8) is 0 Å². The van der Waals surface area contributed by atoms with Gasteiger partial charge in [0.2, 0.25) is 10.0 Å². The summed E-state index contributed by atoms with van der Waals surface area (Å²) in [6.45, 7) is 0. The third-order valence-electron chi connectivity index (χ3n) is 3.46. The molecule has 1 fully saturated rings. The third-order valence-corrected chi connectivity index (χ3v) is 7.13. The second-order valence-electron chi connectivity index (χ2n) is 4.75. The average molecular weight is 319 g/mol. The van der Waals surface area contributed by atoms with E-state index in [1.165, 1.54) is 26.3 Å². The lowest BCUT2D eigenvalue weighted by atomic mass is 10.3. The largest absolute Gasteiger partial charge is 0.497 e. The summed E-state index contributed by atoms with van der Waals surface area (Å²) in [5.74, 6) is 0.494. The summed E-state index contributed by atoms with van der Waals surface area (Å²) in [5.41, 5.74) is 0. The first-order valence-corrected chi connectivity index (χ1v) is 9.35. The monoisotopic (exact) mass is 319 g/mol. The molecule has 0 bridgehead atoms. The van der Waals surface area contributed by atoms with E-state index < -0.39 is 25.9 Å². The molecule has 0 spiro atoms. The number of sulfone groups is 1. The zero-order valence-corrected chi connectivity index (χ0v) is 12.9. The summed E-state index contributed by atoms with van der Waals surface area (Å²) in [6, 6.07) is 5.53. The van der Waals surface area contributed by atoms with Crippen LogP contribution in [0.25, 0.3) is 0 Å². The highest BCUT2D eigenvalue weighted by Crippen LogP contribution is 2.24. The van der Waals surface area contributed by atoms with Crippen LogP contribution in [0.5, 0.6) is 5.75 Å². The van der Waals surface area contributed by atoms with Crippen LogP contribution in [-0.4, -0.2) is 52.8 Å². The van der Waals surface area contributed by atoms with Crippen LogP contribution < -0.4 is 4.74 Å². The van der Waals surface area contributed by atoms with Crippen LogP contribution in [0, 0.1) is 0 Å². The summed E-state index contributed by atoms with van der Waals surface area (Å²) < 4.78 is 53.9. The smallest absolute Gasteiger partial charge is 0.243 e. The Morgan fingerprint density at radius 2 is 1.85 bits per heavy atom. The number of benzene rings is 1. The zero-order chi connectivity index (χ0) is 15.0. The molecule has 1 aromatic carbocycles. The van der Waals surface area contributed by atoms with Crippen LogP contribution in [0.2, 0.25) is 0 Å². The first-order valence-electron chi connectivity index (χ1n) is 6.09. The van der Waals surface area contributed by atoms with Gasteiger partial charge < -0.3 is 4.74 Å². The number of nitrogens with zero attached hydrogens (tertiary/aromatic N) is 1. The van der Waals surface area contributed by atoms with Gasteiger partial charge in [0, 0.05) is 13.1 Å². The van der Waals surface area contributed by atoms with Crippen LogP contribution in [0.3, 0.4) is 0 Å². The molecule has 1 unspecified atom stereocenters. The minimum absolute atomic E-state index is 0.0418. The molecule has 8 heteroatoms. The molecule has 1 aromatic rings. The Kier molecular flexibility index (Phi) is 4.08. The summed E-state index contributed by atoms with van der Waals surface area (Å²) in [4.78, 5) is 0.130. The van der Waals surface area contributed by atoms with Gasteiger partial charge in [-0.3, -0.25) is 0 Å². The lowest BCUT2D eigenvalue weighted by Gasteiger charge is -2.22. The second kappa shape index (κ2) is 5.34. The predicted molar refractivity (Wildman–Crippen MR) is 75.0 cm³/mol. The first kappa shape index (κ1) is 15.3. The van der Waals surface area contributed by atoms with E-state index in [0.717, 1.165) is 4.31 Å². The van der Waals surface area contributed by atoms with Crippen molar-refractivity contribution in [3.05, 3.63) is 24.3 Å². The maximum Gasteiger partial charge on any atom is 0.243 e. The van der Waals surface area contributed by atoms with E-state index in [1.54, 1.807) is 12.1 Å². The molecule has 1 heterocycles. The van der Waals surface area contributed by atoms with Gasteiger partial charge in [-0.1, -0.05) is 0 Å². The standard InChI is InChI=1S/C12H17NO5S2/c1-13(10-7-8-19(14,15)9-10)20(16,17)12-5-3-11(18-2)4-6-12/h3-6,10H,7-9H2,1-2H3. The second-order valence-corrected chi connectivity index (χ2v) is 8.98. The molecule has 6 nitrogen and oxygen atoms in total. The molecule has 0 saturated carbocycles. The minimum atomic E-state index is -3.68. The molecule has 1 saturated heterocycles. The Morgan fingerprint density at radius 3 is 2.30 bits per heavy atom. The molecular formula is C12H17NO5S2. The van der Waals surface area contributed by atoms with E-state index in [4.69, 9.17) is 4.74 Å². The molecule has 0 aliphatic carbocycles. The van der Waals surface area contributed by atoms with Crippen LogP contribution in [0.1, 0.15) is 6.42 Å². The molecule has 0 amide bonds. The minimum Gasteiger partial charge on any atom is -0.497 e. The van der Waals surface area contributed by atoms with Gasteiger partial charge in [-0.25, -0.2) is 16.8 Å². The highest BCUT2D eigenvalue weighted by molar-refractivity contribution is 7.92. The normalized spacial score (nSPS) is 22.1. The zero-order valence-electron chi connectivity index (χ0n) is 11.3. The van der Waals surface area contributed by atoms with E-state index in [1.807, 2.05) is 0 Å². The molecule has 1 aliphatic rings. The Labute approximate surface area is 119 Å². The number of ether oxygens (including phenoxy) is 1. The van der Waals surface area contributed by atoms with E-state index in [0.29, 0.717) is 12.2 Å². The number of methoxy groups -OCH3 is 1. The van der Waals surface area contributed by atoms with Crippen LogP contribution in [-0.2, 0) is 19.9 Å². The lowest BCUT2D eigenvalue weighted by molar-refractivity contribution is 0.393. The third kappa shape index (κ3) is 2.97. The molecule has 0 N–H and O–H groups in total. The van der Waals surface area contributed by atoms with Crippen molar-refractivity contribution >= 4 is 19.9 Å². The topological polar surface area (TPSA) is 80.8 Å². The van der Waals surface area contributed by atoms with Crippen molar-refractivity contribution in [1.82, 2.24) is 4.31 Å². The molecular weight excluding hydrogens is 302 g/mol. The van der Waals surface area contributed by atoms with Gasteiger partial charge in [0.25, 0.3) is 0 Å². The number of hydrogen-bond donors (Lipinski definition) is 0. The van der Waals surface area contributed by atoms with Crippen molar-refractivity contribution in [2.45, 2.75) is 17.4 Å². The van der Waals surface area contributed by atoms with Gasteiger partial charge in [0.1, 0.15) is 5.75 Å². The maximum absolute atomic E-state index is 12.4. The highest BCUT2D eigenvalue weighted by Gasteiger charge is 2.36. The van der Waals surface area contributed by atoms with Gasteiger partial charge in [0.15, 0.2) is 9.84 Å². The molecule has 0 aromatic heterocycles. The van der Waals surface area contributed by atoms with Crippen molar-refractivity contribution < 1.29 is 21.6 Å².